The molecule has 0 aromatic heterocycles. The summed E-state index contributed by atoms with van der Waals surface area (Å²) in [5.74, 6) is -0.354. The van der Waals surface area contributed by atoms with Crippen LogP contribution in [0.3, 0.4) is 0 Å². The highest BCUT2D eigenvalue weighted by atomic mass is 32.1. The second kappa shape index (κ2) is 7.35. The lowest BCUT2D eigenvalue weighted by Gasteiger charge is -2.18. The van der Waals surface area contributed by atoms with Crippen LogP contribution in [-0.2, 0) is 9.59 Å². The van der Waals surface area contributed by atoms with E-state index in [4.69, 9.17) is 12.2 Å². The van der Waals surface area contributed by atoms with Gasteiger partial charge in [-0.1, -0.05) is 40.7 Å². The molecule has 6 heteroatoms. The molecule has 1 aromatic carbocycles. The van der Waals surface area contributed by atoms with E-state index in [-0.39, 0.29) is 22.8 Å². The molecule has 2 amide bonds. The Labute approximate surface area is 136 Å². The molecule has 5 nitrogen and oxygen atoms in total. The van der Waals surface area contributed by atoms with E-state index in [9.17, 15) is 9.59 Å². The van der Waals surface area contributed by atoms with Gasteiger partial charge in [-0.05, 0) is 30.4 Å². The van der Waals surface area contributed by atoms with Crippen molar-refractivity contribution in [3.8, 4) is 0 Å². The predicted molar refractivity (Wildman–Crippen MR) is 93.7 cm³/mol. The normalized spacial score (nSPS) is 11.0. The van der Waals surface area contributed by atoms with E-state index in [0.29, 0.717) is 11.4 Å². The van der Waals surface area contributed by atoms with Crippen LogP contribution in [0.1, 0.15) is 34.6 Å². The third-order valence-electron chi connectivity index (χ3n) is 2.82. The fraction of sp³-hybridized carbons (Fsp3) is 0.438. The van der Waals surface area contributed by atoms with E-state index in [0.717, 1.165) is 0 Å². The average Bonchev–Trinajstić information content (AvgIpc) is 2.37. The summed E-state index contributed by atoms with van der Waals surface area (Å²) >= 11 is 5.09. The predicted octanol–water partition coefficient (Wildman–Crippen LogP) is 3.14. The van der Waals surface area contributed by atoms with E-state index < -0.39 is 5.41 Å². The Kier molecular flexibility index (Phi) is 6.05. The van der Waals surface area contributed by atoms with Crippen molar-refractivity contribution in [1.82, 2.24) is 5.32 Å². The molecular weight excluding hydrogens is 298 g/mol. The van der Waals surface area contributed by atoms with Crippen LogP contribution in [0.2, 0.25) is 0 Å². The van der Waals surface area contributed by atoms with Gasteiger partial charge in [-0.3, -0.25) is 9.59 Å². The summed E-state index contributed by atoms with van der Waals surface area (Å²) in [7, 11) is 0. The SMILES string of the molecule is CC(C)C(=O)NC(=S)Nc1cccc(NC(=O)C(C)(C)C)c1. The summed E-state index contributed by atoms with van der Waals surface area (Å²) in [6.45, 7) is 9.13. The molecule has 0 saturated heterocycles. The van der Waals surface area contributed by atoms with Gasteiger partial charge in [0.2, 0.25) is 11.8 Å². The molecule has 0 fully saturated rings. The lowest BCUT2D eigenvalue weighted by Crippen LogP contribution is -2.36. The first kappa shape index (κ1) is 18.1. The Morgan fingerprint density at radius 2 is 1.64 bits per heavy atom. The van der Waals surface area contributed by atoms with E-state index >= 15 is 0 Å². The van der Waals surface area contributed by atoms with Crippen molar-refractivity contribution in [3.05, 3.63) is 24.3 Å². The largest absolute Gasteiger partial charge is 0.332 e. The van der Waals surface area contributed by atoms with E-state index in [1.807, 2.05) is 20.8 Å². The molecule has 1 aromatic rings. The van der Waals surface area contributed by atoms with Crippen LogP contribution < -0.4 is 16.0 Å². The van der Waals surface area contributed by atoms with Crippen molar-refractivity contribution in [1.29, 1.82) is 0 Å². The average molecular weight is 321 g/mol. The maximum atomic E-state index is 12.0. The van der Waals surface area contributed by atoms with Crippen molar-refractivity contribution in [2.45, 2.75) is 34.6 Å². The topological polar surface area (TPSA) is 70.2 Å². The first-order valence-corrected chi connectivity index (χ1v) is 7.54. The Balaban J connectivity index is 2.70. The molecule has 0 unspecified atom stereocenters. The third kappa shape index (κ3) is 5.81. The van der Waals surface area contributed by atoms with Gasteiger partial charge in [0.15, 0.2) is 5.11 Å². The zero-order valence-electron chi connectivity index (χ0n) is 13.6. The van der Waals surface area contributed by atoms with Crippen LogP contribution in [0.5, 0.6) is 0 Å². The molecule has 3 N–H and O–H groups in total. The summed E-state index contributed by atoms with van der Waals surface area (Å²) < 4.78 is 0. The van der Waals surface area contributed by atoms with Crippen LogP contribution in [0, 0.1) is 11.3 Å². The van der Waals surface area contributed by atoms with Crippen molar-refractivity contribution < 1.29 is 9.59 Å². The number of rotatable bonds is 3. The number of hydrogen-bond donors (Lipinski definition) is 3. The highest BCUT2D eigenvalue weighted by Crippen LogP contribution is 2.19. The van der Waals surface area contributed by atoms with Crippen LogP contribution >= 0.6 is 12.2 Å². The summed E-state index contributed by atoms with van der Waals surface area (Å²) in [5, 5.41) is 8.61. The quantitative estimate of drug-likeness (QED) is 0.748. The number of carbonyl (C=O) groups is 2. The summed E-state index contributed by atoms with van der Waals surface area (Å²) in [5.41, 5.74) is 0.896. The fourth-order valence-electron chi connectivity index (χ4n) is 1.41. The van der Waals surface area contributed by atoms with Gasteiger partial charge in [0, 0.05) is 22.7 Å². The maximum absolute atomic E-state index is 12.0. The molecule has 120 valence electrons. The molecule has 0 atom stereocenters. The maximum Gasteiger partial charge on any atom is 0.229 e. The Bertz CT molecular complexity index is 577. The van der Waals surface area contributed by atoms with Crippen molar-refractivity contribution in [2.75, 3.05) is 10.6 Å². The molecule has 1 rings (SSSR count). The molecule has 0 saturated carbocycles. The summed E-state index contributed by atoms with van der Waals surface area (Å²) in [6, 6.07) is 7.16. The minimum atomic E-state index is -0.468. The second-order valence-electron chi connectivity index (χ2n) is 6.38. The Hall–Kier alpha value is -1.95. The summed E-state index contributed by atoms with van der Waals surface area (Å²) in [4.78, 5) is 23.5. The monoisotopic (exact) mass is 321 g/mol. The minimum Gasteiger partial charge on any atom is -0.332 e. The van der Waals surface area contributed by atoms with Gasteiger partial charge >= 0.3 is 0 Å². The Morgan fingerprint density at radius 3 is 2.14 bits per heavy atom. The fourth-order valence-corrected chi connectivity index (χ4v) is 1.63. The standard InChI is InChI=1S/C16H23N3O2S/c1-10(2)13(20)19-15(22)18-12-8-6-7-11(9-12)17-14(21)16(3,4)5/h6-10H,1-5H3,(H,17,21)(H2,18,19,20,22). The van der Waals surface area contributed by atoms with Crippen LogP contribution in [0.15, 0.2) is 24.3 Å². The molecule has 22 heavy (non-hydrogen) atoms. The van der Waals surface area contributed by atoms with Crippen molar-refractivity contribution >= 4 is 40.5 Å². The van der Waals surface area contributed by atoms with Gasteiger partial charge < -0.3 is 16.0 Å². The lowest BCUT2D eigenvalue weighted by molar-refractivity contribution is -0.123. The summed E-state index contributed by atoms with van der Waals surface area (Å²) in [6.07, 6.45) is 0. The zero-order valence-corrected chi connectivity index (χ0v) is 14.4. The van der Waals surface area contributed by atoms with E-state index in [2.05, 4.69) is 16.0 Å². The smallest absolute Gasteiger partial charge is 0.229 e. The molecule has 0 radical (unpaired) electrons. The van der Waals surface area contributed by atoms with Crippen molar-refractivity contribution in [3.63, 3.8) is 0 Å². The zero-order chi connectivity index (χ0) is 16.9. The number of hydrogen-bond acceptors (Lipinski definition) is 3. The molecule has 0 aliphatic carbocycles. The van der Waals surface area contributed by atoms with E-state index in [1.54, 1.807) is 38.1 Å². The number of anilines is 2. The van der Waals surface area contributed by atoms with Crippen LogP contribution in [-0.4, -0.2) is 16.9 Å². The molecule has 0 bridgehead atoms. The highest BCUT2D eigenvalue weighted by Gasteiger charge is 2.21. The van der Waals surface area contributed by atoms with Gasteiger partial charge in [0.25, 0.3) is 0 Å². The molecule has 0 aliphatic rings. The molecule has 0 heterocycles. The number of amides is 2. The second-order valence-corrected chi connectivity index (χ2v) is 6.79. The molecular formula is C16H23N3O2S. The van der Waals surface area contributed by atoms with Gasteiger partial charge in [0.05, 0.1) is 0 Å². The first-order valence-electron chi connectivity index (χ1n) is 7.13. The number of nitrogens with one attached hydrogen (secondary N) is 3. The van der Waals surface area contributed by atoms with Gasteiger partial charge in [0.1, 0.15) is 0 Å². The number of benzene rings is 1. The minimum absolute atomic E-state index is 0.0691. The van der Waals surface area contributed by atoms with Crippen LogP contribution in [0.4, 0.5) is 11.4 Å². The lowest BCUT2D eigenvalue weighted by atomic mass is 9.95. The van der Waals surface area contributed by atoms with E-state index in [1.165, 1.54) is 0 Å². The van der Waals surface area contributed by atoms with Gasteiger partial charge in [-0.2, -0.15) is 0 Å². The third-order valence-corrected chi connectivity index (χ3v) is 3.02. The van der Waals surface area contributed by atoms with Crippen LogP contribution in [0.25, 0.3) is 0 Å². The first-order chi connectivity index (χ1) is 10.1. The number of thiocarbonyl (C=S) groups is 1. The van der Waals surface area contributed by atoms with Gasteiger partial charge in [-0.15, -0.1) is 0 Å². The Morgan fingerprint density at radius 1 is 1.09 bits per heavy atom. The number of carbonyl (C=O) groups excluding carboxylic acids is 2. The highest BCUT2D eigenvalue weighted by molar-refractivity contribution is 7.80. The van der Waals surface area contributed by atoms with Crippen molar-refractivity contribution in [2.24, 2.45) is 11.3 Å². The molecule has 0 aliphatic heterocycles. The molecule has 0 spiro atoms. The van der Waals surface area contributed by atoms with Gasteiger partial charge in [-0.25, -0.2) is 0 Å².